The molecule has 2 nitrogen and oxygen atoms in total. The lowest BCUT2D eigenvalue weighted by atomic mass is 9.91. The monoisotopic (exact) mass is 237 g/mol. The highest BCUT2D eigenvalue weighted by Gasteiger charge is 2.24. The van der Waals surface area contributed by atoms with Gasteiger partial charge in [0.1, 0.15) is 0 Å². The molecule has 0 aromatic rings. The van der Waals surface area contributed by atoms with Crippen LogP contribution in [0.15, 0.2) is 10.6 Å². The van der Waals surface area contributed by atoms with E-state index in [4.69, 9.17) is 28.3 Å². The Kier molecular flexibility index (Phi) is 5.87. The molecule has 0 bridgehead atoms. The summed E-state index contributed by atoms with van der Waals surface area (Å²) >= 11 is 11.4. The highest BCUT2D eigenvalue weighted by molar-refractivity contribution is 6.36. The van der Waals surface area contributed by atoms with Crippen LogP contribution in [0.3, 0.4) is 0 Å². The molecular formula is C10H17Cl2NO. The average Bonchev–Trinajstić information content (AvgIpc) is 2.11. The minimum Gasteiger partial charge on any atom is -0.396 e. The van der Waals surface area contributed by atoms with Crippen molar-refractivity contribution < 1.29 is 5.11 Å². The largest absolute Gasteiger partial charge is 0.396 e. The van der Waals surface area contributed by atoms with Gasteiger partial charge in [-0.15, -0.1) is 0 Å². The fourth-order valence-electron chi connectivity index (χ4n) is 1.64. The zero-order valence-corrected chi connectivity index (χ0v) is 9.77. The van der Waals surface area contributed by atoms with Crippen molar-refractivity contribution in [2.75, 3.05) is 19.7 Å². The first kappa shape index (κ1) is 12.3. The second-order valence-electron chi connectivity index (χ2n) is 3.69. The summed E-state index contributed by atoms with van der Waals surface area (Å²) in [4.78, 5) is 2.31. The molecule has 0 atom stereocenters. The molecule has 14 heavy (non-hydrogen) atoms. The van der Waals surface area contributed by atoms with Crippen LogP contribution in [-0.2, 0) is 0 Å². The van der Waals surface area contributed by atoms with Gasteiger partial charge in [0, 0.05) is 36.3 Å². The molecule has 82 valence electrons. The molecule has 1 aliphatic rings. The van der Waals surface area contributed by atoms with E-state index in [0.29, 0.717) is 11.1 Å². The van der Waals surface area contributed by atoms with Gasteiger partial charge in [-0.05, 0) is 19.3 Å². The molecule has 1 fully saturated rings. The van der Waals surface area contributed by atoms with E-state index in [-0.39, 0.29) is 6.61 Å². The Labute approximate surface area is 95.5 Å². The topological polar surface area (TPSA) is 23.5 Å². The van der Waals surface area contributed by atoms with Gasteiger partial charge in [-0.3, -0.25) is 4.90 Å². The molecule has 0 aromatic carbocycles. The van der Waals surface area contributed by atoms with Crippen LogP contribution in [0.4, 0.5) is 0 Å². The van der Waals surface area contributed by atoms with Crippen molar-refractivity contribution in [1.82, 2.24) is 4.90 Å². The summed E-state index contributed by atoms with van der Waals surface area (Å²) in [7, 11) is 0. The number of aliphatic hydroxyl groups excluding tert-OH is 1. The zero-order chi connectivity index (χ0) is 10.4. The third-order valence-electron chi connectivity index (χ3n) is 2.67. The Morgan fingerprint density at radius 3 is 2.64 bits per heavy atom. The van der Waals surface area contributed by atoms with Gasteiger partial charge in [0.2, 0.25) is 0 Å². The molecule has 1 N–H and O–H groups in total. The fourth-order valence-corrected chi connectivity index (χ4v) is 1.87. The first-order chi connectivity index (χ1) is 6.77. The molecule has 1 rings (SSSR count). The van der Waals surface area contributed by atoms with E-state index in [9.17, 15) is 0 Å². The lowest BCUT2D eigenvalue weighted by Gasteiger charge is -2.37. The number of hydrogen-bond donors (Lipinski definition) is 1. The number of nitrogens with zero attached hydrogens (tertiary/aromatic N) is 1. The Morgan fingerprint density at radius 1 is 1.50 bits per heavy atom. The predicted octanol–water partition coefficient (Wildman–Crippen LogP) is 2.54. The maximum absolute atomic E-state index is 8.78. The van der Waals surface area contributed by atoms with Crippen molar-refractivity contribution in [2.45, 2.75) is 31.7 Å². The van der Waals surface area contributed by atoms with Gasteiger partial charge in [0.25, 0.3) is 0 Å². The summed E-state index contributed by atoms with van der Waals surface area (Å²) < 4.78 is 0. The number of halogens is 2. The molecule has 0 spiro atoms. The molecule has 1 aliphatic carbocycles. The van der Waals surface area contributed by atoms with Gasteiger partial charge in [-0.2, -0.15) is 0 Å². The standard InChI is InChI=1S/C10H17Cl2NO/c11-7-9(12)8-13(5-2-6-14)10-3-1-4-10/h7,10,14H,1-6,8H2. The molecule has 0 unspecified atom stereocenters. The van der Waals surface area contributed by atoms with Gasteiger partial charge in [0.15, 0.2) is 0 Å². The molecule has 1 saturated carbocycles. The van der Waals surface area contributed by atoms with E-state index in [1.54, 1.807) is 0 Å². The molecule has 0 aromatic heterocycles. The first-order valence-electron chi connectivity index (χ1n) is 5.07. The molecule has 0 amide bonds. The van der Waals surface area contributed by atoms with Crippen molar-refractivity contribution >= 4 is 23.2 Å². The van der Waals surface area contributed by atoms with Crippen molar-refractivity contribution in [3.05, 3.63) is 10.6 Å². The number of hydrogen-bond acceptors (Lipinski definition) is 2. The molecule has 0 heterocycles. The predicted molar refractivity (Wildman–Crippen MR) is 60.7 cm³/mol. The molecular weight excluding hydrogens is 221 g/mol. The quantitative estimate of drug-likeness (QED) is 0.768. The Hall–Kier alpha value is 0.240. The van der Waals surface area contributed by atoms with Gasteiger partial charge in [-0.1, -0.05) is 29.6 Å². The van der Waals surface area contributed by atoms with Crippen LogP contribution in [0, 0.1) is 0 Å². The van der Waals surface area contributed by atoms with Crippen LogP contribution in [0.25, 0.3) is 0 Å². The highest BCUT2D eigenvalue weighted by Crippen LogP contribution is 2.26. The van der Waals surface area contributed by atoms with Crippen molar-refractivity contribution in [3.63, 3.8) is 0 Å². The summed E-state index contributed by atoms with van der Waals surface area (Å²) in [6, 6.07) is 0.645. The van der Waals surface area contributed by atoms with Crippen LogP contribution in [0.2, 0.25) is 0 Å². The van der Waals surface area contributed by atoms with Gasteiger partial charge >= 0.3 is 0 Å². The van der Waals surface area contributed by atoms with Crippen LogP contribution >= 0.6 is 23.2 Å². The van der Waals surface area contributed by atoms with Gasteiger partial charge < -0.3 is 5.11 Å². The number of aliphatic hydroxyl groups is 1. The Balaban J connectivity index is 2.35. The van der Waals surface area contributed by atoms with E-state index >= 15 is 0 Å². The Bertz CT molecular complexity index is 193. The Morgan fingerprint density at radius 2 is 2.21 bits per heavy atom. The van der Waals surface area contributed by atoms with Crippen molar-refractivity contribution in [3.8, 4) is 0 Å². The normalized spacial score (nSPS) is 18.7. The third kappa shape index (κ3) is 3.77. The van der Waals surface area contributed by atoms with E-state index < -0.39 is 0 Å². The number of rotatable bonds is 6. The zero-order valence-electron chi connectivity index (χ0n) is 8.25. The lowest BCUT2D eigenvalue weighted by Crippen LogP contribution is -2.41. The van der Waals surface area contributed by atoms with Crippen LogP contribution < -0.4 is 0 Å². The van der Waals surface area contributed by atoms with E-state index in [1.165, 1.54) is 24.8 Å². The molecule has 0 radical (unpaired) electrons. The smallest absolute Gasteiger partial charge is 0.0443 e. The lowest BCUT2D eigenvalue weighted by molar-refractivity contribution is 0.129. The van der Waals surface area contributed by atoms with Gasteiger partial charge in [0.05, 0.1) is 0 Å². The van der Waals surface area contributed by atoms with E-state index in [2.05, 4.69) is 4.90 Å². The molecule has 0 saturated heterocycles. The maximum Gasteiger partial charge on any atom is 0.0443 e. The van der Waals surface area contributed by atoms with Crippen LogP contribution in [0.5, 0.6) is 0 Å². The molecule has 0 aliphatic heterocycles. The van der Waals surface area contributed by atoms with Crippen LogP contribution in [0.1, 0.15) is 25.7 Å². The van der Waals surface area contributed by atoms with Gasteiger partial charge in [-0.25, -0.2) is 0 Å². The summed E-state index contributed by atoms with van der Waals surface area (Å²) in [5.74, 6) is 0. The van der Waals surface area contributed by atoms with Crippen LogP contribution in [-0.4, -0.2) is 35.7 Å². The highest BCUT2D eigenvalue weighted by atomic mass is 35.5. The second-order valence-corrected chi connectivity index (χ2v) is 4.39. The van der Waals surface area contributed by atoms with E-state index in [0.717, 1.165) is 19.5 Å². The minimum atomic E-state index is 0.241. The fraction of sp³-hybridized carbons (Fsp3) is 0.800. The summed E-state index contributed by atoms with van der Waals surface area (Å²) in [5, 5.41) is 9.46. The van der Waals surface area contributed by atoms with Crippen molar-refractivity contribution in [1.29, 1.82) is 0 Å². The van der Waals surface area contributed by atoms with Crippen molar-refractivity contribution in [2.24, 2.45) is 0 Å². The summed E-state index contributed by atoms with van der Waals surface area (Å²) in [5.41, 5.74) is 1.42. The maximum atomic E-state index is 8.78. The molecule has 4 heteroatoms. The second kappa shape index (κ2) is 6.67. The summed E-state index contributed by atoms with van der Waals surface area (Å²) in [6.07, 6.45) is 4.61. The minimum absolute atomic E-state index is 0.241. The average molecular weight is 238 g/mol. The summed E-state index contributed by atoms with van der Waals surface area (Å²) in [6.45, 7) is 1.86. The van der Waals surface area contributed by atoms with E-state index in [1.807, 2.05) is 0 Å². The SMILES string of the molecule is OCCCN(CC(Cl)=CCl)C1CCC1. The first-order valence-corrected chi connectivity index (χ1v) is 5.89. The third-order valence-corrected chi connectivity index (χ3v) is 3.27.